The van der Waals surface area contributed by atoms with Crippen LogP contribution in [-0.4, -0.2) is 11.1 Å². The molecule has 0 bridgehead atoms. The van der Waals surface area contributed by atoms with Crippen LogP contribution in [0.15, 0.2) is 0 Å². The second-order valence-electron chi connectivity index (χ2n) is 5.80. The number of carbonyl (C=O) groups is 1. The minimum atomic E-state index is -0.607. The van der Waals surface area contributed by atoms with Crippen LogP contribution in [0.1, 0.15) is 47.0 Å². The summed E-state index contributed by atoms with van der Waals surface area (Å²) in [4.78, 5) is 10.9. The molecule has 0 radical (unpaired) electrons. The van der Waals surface area contributed by atoms with Gasteiger partial charge in [0.2, 0.25) is 0 Å². The van der Waals surface area contributed by atoms with Crippen molar-refractivity contribution in [3.63, 3.8) is 0 Å². The summed E-state index contributed by atoms with van der Waals surface area (Å²) in [6.07, 6.45) is 3.00. The number of hydrogen-bond acceptors (Lipinski definition) is 1. The first-order valence-corrected chi connectivity index (χ1v) is 5.55. The highest BCUT2D eigenvalue weighted by Gasteiger charge is 2.36. The number of rotatable bonds is 1. The van der Waals surface area contributed by atoms with Crippen molar-refractivity contribution >= 4 is 5.97 Å². The second kappa shape index (κ2) is 3.92. The van der Waals surface area contributed by atoms with Crippen LogP contribution in [-0.2, 0) is 4.79 Å². The smallest absolute Gasteiger partial charge is 0.306 e. The Bertz CT molecular complexity index is 215. The number of carboxylic acid groups (broad SMARTS) is 1. The predicted molar refractivity (Wildman–Crippen MR) is 57.1 cm³/mol. The molecule has 2 heteroatoms. The van der Waals surface area contributed by atoms with Gasteiger partial charge in [0.25, 0.3) is 0 Å². The molecule has 82 valence electrons. The van der Waals surface area contributed by atoms with E-state index in [2.05, 4.69) is 27.7 Å². The van der Waals surface area contributed by atoms with E-state index in [0.717, 1.165) is 19.3 Å². The van der Waals surface area contributed by atoms with E-state index >= 15 is 0 Å². The molecular formula is C12H22O2. The lowest BCUT2D eigenvalue weighted by Crippen LogP contribution is -2.34. The maximum absolute atomic E-state index is 10.9. The summed E-state index contributed by atoms with van der Waals surface area (Å²) in [5, 5.41) is 9.00. The van der Waals surface area contributed by atoms with Crippen LogP contribution in [0, 0.1) is 23.2 Å². The van der Waals surface area contributed by atoms with Gasteiger partial charge in [-0.25, -0.2) is 0 Å². The Morgan fingerprint density at radius 2 is 1.86 bits per heavy atom. The topological polar surface area (TPSA) is 37.3 Å². The molecule has 1 aliphatic rings. The molecule has 0 unspecified atom stereocenters. The van der Waals surface area contributed by atoms with Crippen molar-refractivity contribution in [1.29, 1.82) is 0 Å². The molecule has 1 fully saturated rings. The van der Waals surface area contributed by atoms with Gasteiger partial charge in [-0.05, 0) is 36.5 Å². The minimum absolute atomic E-state index is 0.103. The van der Waals surface area contributed by atoms with E-state index < -0.39 is 5.97 Å². The first-order valence-electron chi connectivity index (χ1n) is 5.55. The summed E-state index contributed by atoms with van der Waals surface area (Å²) in [5.74, 6) is 0.317. The van der Waals surface area contributed by atoms with Crippen LogP contribution in [0.25, 0.3) is 0 Å². The third-order valence-corrected chi connectivity index (χ3v) is 3.71. The summed E-state index contributed by atoms with van der Waals surface area (Å²) in [7, 11) is 0. The largest absolute Gasteiger partial charge is 0.481 e. The van der Waals surface area contributed by atoms with Crippen LogP contribution >= 0.6 is 0 Å². The van der Waals surface area contributed by atoms with Crippen molar-refractivity contribution < 1.29 is 9.90 Å². The molecule has 1 aliphatic carbocycles. The zero-order valence-corrected chi connectivity index (χ0v) is 9.71. The Balaban J connectivity index is 2.60. The lowest BCUT2D eigenvalue weighted by molar-refractivity contribution is -0.145. The predicted octanol–water partition coefficient (Wildman–Crippen LogP) is 3.17. The normalized spacial score (nSPS) is 34.1. The van der Waals surface area contributed by atoms with Gasteiger partial charge in [0.05, 0.1) is 5.92 Å². The molecule has 0 aromatic rings. The fourth-order valence-electron chi connectivity index (χ4n) is 2.55. The zero-order chi connectivity index (χ0) is 10.9. The molecule has 1 N–H and O–H groups in total. The molecule has 0 amide bonds. The van der Waals surface area contributed by atoms with Gasteiger partial charge in [-0.2, -0.15) is 0 Å². The van der Waals surface area contributed by atoms with Crippen molar-refractivity contribution in [3.05, 3.63) is 0 Å². The average molecular weight is 198 g/mol. The van der Waals surface area contributed by atoms with Gasteiger partial charge in [0.15, 0.2) is 0 Å². The van der Waals surface area contributed by atoms with E-state index in [1.54, 1.807) is 0 Å². The molecule has 2 nitrogen and oxygen atoms in total. The van der Waals surface area contributed by atoms with Crippen LogP contribution < -0.4 is 0 Å². The van der Waals surface area contributed by atoms with Gasteiger partial charge in [0.1, 0.15) is 0 Å². The summed E-state index contributed by atoms with van der Waals surface area (Å²) >= 11 is 0. The van der Waals surface area contributed by atoms with E-state index in [-0.39, 0.29) is 5.92 Å². The molecule has 0 saturated heterocycles. The second-order valence-corrected chi connectivity index (χ2v) is 5.80. The first kappa shape index (κ1) is 11.5. The van der Waals surface area contributed by atoms with Crippen LogP contribution in [0.5, 0.6) is 0 Å². The van der Waals surface area contributed by atoms with E-state index in [4.69, 9.17) is 5.11 Å². The SMILES string of the molecule is C[C@@H]1C[C@@H](C(C)(C)C)CC[C@@H]1C(=O)O. The van der Waals surface area contributed by atoms with Crippen molar-refractivity contribution in [3.8, 4) is 0 Å². The molecule has 3 atom stereocenters. The first-order chi connectivity index (χ1) is 6.32. The monoisotopic (exact) mass is 198 g/mol. The highest BCUT2D eigenvalue weighted by molar-refractivity contribution is 5.70. The summed E-state index contributed by atoms with van der Waals surface area (Å²) in [6, 6.07) is 0. The molecule has 14 heavy (non-hydrogen) atoms. The van der Waals surface area contributed by atoms with Gasteiger partial charge < -0.3 is 5.11 Å². The van der Waals surface area contributed by atoms with Gasteiger partial charge >= 0.3 is 5.97 Å². The molecule has 1 rings (SSSR count). The van der Waals surface area contributed by atoms with Crippen molar-refractivity contribution in [2.24, 2.45) is 23.2 Å². The van der Waals surface area contributed by atoms with E-state index in [0.29, 0.717) is 17.3 Å². The third kappa shape index (κ3) is 2.49. The Morgan fingerprint density at radius 1 is 1.29 bits per heavy atom. The Hall–Kier alpha value is -0.530. The zero-order valence-electron chi connectivity index (χ0n) is 9.71. The Kier molecular flexibility index (Phi) is 3.23. The van der Waals surface area contributed by atoms with Gasteiger partial charge in [-0.1, -0.05) is 27.7 Å². The van der Waals surface area contributed by atoms with E-state index in [1.807, 2.05) is 0 Å². The molecule has 0 aromatic heterocycles. The third-order valence-electron chi connectivity index (χ3n) is 3.71. The van der Waals surface area contributed by atoms with E-state index in [1.165, 1.54) is 0 Å². The number of aliphatic carboxylic acids is 1. The molecule has 1 saturated carbocycles. The molecule has 0 spiro atoms. The molecule has 0 heterocycles. The maximum atomic E-state index is 10.9. The van der Waals surface area contributed by atoms with Gasteiger partial charge in [0, 0.05) is 0 Å². The molecule has 0 aliphatic heterocycles. The summed E-state index contributed by atoms with van der Waals surface area (Å²) in [5.41, 5.74) is 0.331. The van der Waals surface area contributed by atoms with Crippen molar-refractivity contribution in [1.82, 2.24) is 0 Å². The lowest BCUT2D eigenvalue weighted by atomic mass is 9.66. The fourth-order valence-corrected chi connectivity index (χ4v) is 2.55. The quantitative estimate of drug-likeness (QED) is 0.702. The van der Waals surface area contributed by atoms with E-state index in [9.17, 15) is 4.79 Å². The highest BCUT2D eigenvalue weighted by atomic mass is 16.4. The number of hydrogen-bond donors (Lipinski definition) is 1. The number of carboxylic acids is 1. The summed E-state index contributed by atoms with van der Waals surface area (Å²) < 4.78 is 0. The van der Waals surface area contributed by atoms with Crippen LogP contribution in [0.3, 0.4) is 0 Å². The Labute approximate surface area is 86.7 Å². The fraction of sp³-hybridized carbons (Fsp3) is 0.917. The van der Waals surface area contributed by atoms with Crippen LogP contribution in [0.2, 0.25) is 0 Å². The van der Waals surface area contributed by atoms with Crippen molar-refractivity contribution in [2.45, 2.75) is 47.0 Å². The molecular weight excluding hydrogens is 176 g/mol. The lowest BCUT2D eigenvalue weighted by Gasteiger charge is -2.39. The molecule has 0 aromatic carbocycles. The standard InChI is InChI=1S/C12H22O2/c1-8-7-9(12(2,3)4)5-6-10(8)11(13)14/h8-10H,5-7H2,1-4H3,(H,13,14)/t8-,9+,10+/m1/s1. The van der Waals surface area contributed by atoms with Crippen LogP contribution in [0.4, 0.5) is 0 Å². The average Bonchev–Trinajstić information content (AvgIpc) is 2.01. The van der Waals surface area contributed by atoms with Gasteiger partial charge in [-0.3, -0.25) is 4.79 Å². The van der Waals surface area contributed by atoms with Crippen molar-refractivity contribution in [2.75, 3.05) is 0 Å². The minimum Gasteiger partial charge on any atom is -0.481 e. The van der Waals surface area contributed by atoms with Gasteiger partial charge in [-0.15, -0.1) is 0 Å². The highest BCUT2D eigenvalue weighted by Crippen LogP contribution is 2.42. The maximum Gasteiger partial charge on any atom is 0.306 e. The Morgan fingerprint density at radius 3 is 2.21 bits per heavy atom. The summed E-state index contributed by atoms with van der Waals surface area (Å²) in [6.45, 7) is 8.85.